The molecule has 0 saturated carbocycles. The third-order valence-corrected chi connectivity index (χ3v) is 3.44. The number of nitrogens with zero attached hydrogens (tertiary/aromatic N) is 1. The molecular formula is C14H27NO. The van der Waals surface area contributed by atoms with E-state index in [9.17, 15) is 5.21 Å². The first-order chi connectivity index (χ1) is 7.77. The Labute approximate surface area is 101 Å². The van der Waals surface area contributed by atoms with Crippen molar-refractivity contribution < 1.29 is 4.65 Å². The third-order valence-electron chi connectivity index (χ3n) is 3.44. The predicted octanol–water partition coefficient (Wildman–Crippen LogP) is 4.36. The third kappa shape index (κ3) is 5.66. The Morgan fingerprint density at radius 1 is 1.00 bits per heavy atom. The molecule has 1 rings (SSSR count). The van der Waals surface area contributed by atoms with Gasteiger partial charge < -0.3 is 9.85 Å². The Hall–Kier alpha value is -0.340. The minimum absolute atomic E-state index is 0.0597. The molecule has 0 aliphatic carbocycles. The summed E-state index contributed by atoms with van der Waals surface area (Å²) in [6.45, 7) is 3.82. The van der Waals surface area contributed by atoms with Gasteiger partial charge in [-0.3, -0.25) is 0 Å². The smallest absolute Gasteiger partial charge is 0.0920 e. The molecule has 0 saturated heterocycles. The second kappa shape index (κ2) is 7.86. The van der Waals surface area contributed by atoms with E-state index < -0.39 is 0 Å². The van der Waals surface area contributed by atoms with Gasteiger partial charge in [0, 0.05) is 6.42 Å². The molecule has 0 amide bonds. The van der Waals surface area contributed by atoms with Gasteiger partial charge in [-0.05, 0) is 18.9 Å². The van der Waals surface area contributed by atoms with Crippen LogP contribution in [0.5, 0.6) is 0 Å². The van der Waals surface area contributed by atoms with Crippen LogP contribution in [-0.4, -0.2) is 17.7 Å². The van der Waals surface area contributed by atoms with Gasteiger partial charge >= 0.3 is 0 Å². The summed E-state index contributed by atoms with van der Waals surface area (Å²) in [5.41, 5.74) is 0. The van der Waals surface area contributed by atoms with E-state index >= 15 is 0 Å². The molecule has 0 spiro atoms. The topological polar surface area (TPSA) is 23.1 Å². The minimum atomic E-state index is -0.0597. The molecule has 2 heteroatoms. The largest absolute Gasteiger partial charge is 0.628 e. The minimum Gasteiger partial charge on any atom is -0.628 e. The van der Waals surface area contributed by atoms with E-state index in [2.05, 4.69) is 6.92 Å². The van der Waals surface area contributed by atoms with Crippen LogP contribution >= 0.6 is 0 Å². The highest BCUT2D eigenvalue weighted by molar-refractivity contribution is 4.82. The lowest BCUT2D eigenvalue weighted by molar-refractivity contribution is -0.823. The fraction of sp³-hybridized carbons (Fsp3) is 0.857. The molecule has 0 aromatic carbocycles. The Balaban J connectivity index is 1.86. The van der Waals surface area contributed by atoms with E-state index in [4.69, 9.17) is 0 Å². The van der Waals surface area contributed by atoms with Gasteiger partial charge in [0.2, 0.25) is 0 Å². The lowest BCUT2D eigenvalue weighted by atomic mass is 10.1. The van der Waals surface area contributed by atoms with Crippen LogP contribution in [0.2, 0.25) is 0 Å². The first-order valence-electron chi connectivity index (χ1n) is 7.02. The maximum absolute atomic E-state index is 11.9. The van der Waals surface area contributed by atoms with Crippen LogP contribution in [0.15, 0.2) is 12.3 Å². The fourth-order valence-corrected chi connectivity index (χ4v) is 2.33. The van der Waals surface area contributed by atoms with Crippen molar-refractivity contribution in [2.24, 2.45) is 0 Å². The molecule has 0 bridgehead atoms. The van der Waals surface area contributed by atoms with Gasteiger partial charge in [0.15, 0.2) is 0 Å². The Morgan fingerprint density at radius 3 is 2.19 bits per heavy atom. The van der Waals surface area contributed by atoms with Gasteiger partial charge in [0.1, 0.15) is 0 Å². The summed E-state index contributed by atoms with van der Waals surface area (Å²) >= 11 is 0. The number of hydrogen-bond donors (Lipinski definition) is 0. The van der Waals surface area contributed by atoms with Crippen LogP contribution in [0, 0.1) is 5.21 Å². The highest BCUT2D eigenvalue weighted by Crippen LogP contribution is 2.17. The van der Waals surface area contributed by atoms with E-state index in [-0.39, 0.29) is 4.65 Å². The second-order valence-corrected chi connectivity index (χ2v) is 5.05. The average molecular weight is 225 g/mol. The molecule has 0 N–H and O–H groups in total. The van der Waals surface area contributed by atoms with E-state index in [1.165, 1.54) is 44.9 Å². The zero-order valence-corrected chi connectivity index (χ0v) is 10.8. The summed E-state index contributed by atoms with van der Waals surface area (Å²) in [7, 11) is 0. The van der Waals surface area contributed by atoms with Crippen molar-refractivity contribution in [2.45, 2.75) is 64.7 Å². The molecule has 2 nitrogen and oxygen atoms in total. The number of quaternary nitrogens is 1. The van der Waals surface area contributed by atoms with Gasteiger partial charge in [0.05, 0.1) is 19.3 Å². The van der Waals surface area contributed by atoms with Crippen molar-refractivity contribution in [1.29, 1.82) is 0 Å². The summed E-state index contributed by atoms with van der Waals surface area (Å²) in [4.78, 5) is 0. The molecule has 0 radical (unpaired) electrons. The molecule has 1 heterocycles. The summed E-state index contributed by atoms with van der Waals surface area (Å²) in [6, 6.07) is 0. The molecule has 0 fully saturated rings. The normalized spacial score (nSPS) is 24.1. The first-order valence-corrected chi connectivity index (χ1v) is 7.02. The summed E-state index contributed by atoms with van der Waals surface area (Å²) in [5.74, 6) is 0. The maximum Gasteiger partial charge on any atom is 0.0920 e. The van der Waals surface area contributed by atoms with Crippen LogP contribution in [0.4, 0.5) is 0 Å². The van der Waals surface area contributed by atoms with E-state index in [1.807, 2.05) is 12.3 Å². The van der Waals surface area contributed by atoms with Crippen LogP contribution in [-0.2, 0) is 0 Å². The van der Waals surface area contributed by atoms with Crippen LogP contribution in [0.3, 0.4) is 0 Å². The maximum atomic E-state index is 11.9. The van der Waals surface area contributed by atoms with Gasteiger partial charge in [-0.25, -0.2) is 0 Å². The SMILES string of the molecule is CCCCCCCCCC[N+]1([O-])C=CCC1. The second-order valence-electron chi connectivity index (χ2n) is 5.05. The molecule has 1 aliphatic rings. The first kappa shape index (κ1) is 13.7. The molecule has 0 aromatic heterocycles. The standard InChI is InChI=1S/C14H27NO/c1-2-3-4-5-6-7-8-9-12-15(16)13-10-11-14-15/h10,13H,2-9,11-12,14H2,1H3. The zero-order valence-electron chi connectivity index (χ0n) is 10.8. The molecular weight excluding hydrogens is 198 g/mol. The van der Waals surface area contributed by atoms with Crippen molar-refractivity contribution >= 4 is 0 Å². The van der Waals surface area contributed by atoms with Crippen molar-refractivity contribution in [1.82, 2.24) is 0 Å². The van der Waals surface area contributed by atoms with Crippen molar-refractivity contribution in [3.05, 3.63) is 17.5 Å². The van der Waals surface area contributed by atoms with E-state index in [1.54, 1.807) is 0 Å². The van der Waals surface area contributed by atoms with Crippen molar-refractivity contribution in [2.75, 3.05) is 13.1 Å². The number of hydrogen-bond acceptors (Lipinski definition) is 1. The summed E-state index contributed by atoms with van der Waals surface area (Å²) in [5, 5.41) is 11.9. The van der Waals surface area contributed by atoms with E-state index in [0.717, 1.165) is 25.9 Å². The number of hydroxylamine groups is 3. The Bertz CT molecular complexity index is 203. The summed E-state index contributed by atoms with van der Waals surface area (Å²) in [6.07, 6.45) is 15.3. The van der Waals surface area contributed by atoms with Crippen LogP contribution in [0.25, 0.3) is 0 Å². The van der Waals surface area contributed by atoms with Crippen molar-refractivity contribution in [3.8, 4) is 0 Å². The predicted molar refractivity (Wildman–Crippen MR) is 69.7 cm³/mol. The van der Waals surface area contributed by atoms with Crippen LogP contribution in [0.1, 0.15) is 64.7 Å². The quantitative estimate of drug-likeness (QED) is 0.325. The van der Waals surface area contributed by atoms with Crippen LogP contribution < -0.4 is 0 Å². The van der Waals surface area contributed by atoms with Gasteiger partial charge in [-0.15, -0.1) is 0 Å². The molecule has 0 aromatic rings. The molecule has 16 heavy (non-hydrogen) atoms. The molecule has 1 unspecified atom stereocenters. The average Bonchev–Trinajstić information content (AvgIpc) is 2.70. The zero-order chi connectivity index (χ0) is 11.7. The van der Waals surface area contributed by atoms with Gasteiger partial charge in [0.25, 0.3) is 0 Å². The lowest BCUT2D eigenvalue weighted by Gasteiger charge is -2.35. The fourth-order valence-electron chi connectivity index (χ4n) is 2.33. The van der Waals surface area contributed by atoms with Crippen molar-refractivity contribution in [3.63, 3.8) is 0 Å². The molecule has 1 aliphatic heterocycles. The van der Waals surface area contributed by atoms with Gasteiger partial charge in [-0.2, -0.15) is 0 Å². The Morgan fingerprint density at radius 2 is 1.62 bits per heavy atom. The van der Waals surface area contributed by atoms with Gasteiger partial charge in [-0.1, -0.05) is 45.4 Å². The molecule has 1 atom stereocenters. The highest BCUT2D eigenvalue weighted by atomic mass is 16.5. The number of unbranched alkanes of at least 4 members (excludes halogenated alkanes) is 7. The molecule has 94 valence electrons. The summed E-state index contributed by atoms with van der Waals surface area (Å²) < 4.78 is -0.0597. The highest BCUT2D eigenvalue weighted by Gasteiger charge is 2.16. The monoisotopic (exact) mass is 225 g/mol. The Kier molecular flexibility index (Phi) is 6.74. The van der Waals surface area contributed by atoms with E-state index in [0.29, 0.717) is 0 Å². The lowest BCUT2D eigenvalue weighted by Crippen LogP contribution is -2.34. The number of rotatable bonds is 9.